The number of nitrogens with zero attached hydrogens (tertiary/aromatic N) is 2. The largest absolute Gasteiger partial charge is 0.454 e. The van der Waals surface area contributed by atoms with Gasteiger partial charge >= 0.3 is 0 Å². The molecular weight excluding hydrogens is 520 g/mol. The second kappa shape index (κ2) is 8.32. The number of rotatable bonds is 2. The van der Waals surface area contributed by atoms with Gasteiger partial charge in [-0.3, -0.25) is 0 Å². The van der Waals surface area contributed by atoms with Crippen molar-refractivity contribution in [2.24, 2.45) is 0 Å². The number of furan rings is 1. The average Bonchev–Trinajstić information content (AvgIpc) is 3.70. The first-order valence-electron chi connectivity index (χ1n) is 13.6. The van der Waals surface area contributed by atoms with Gasteiger partial charge in [0.1, 0.15) is 5.58 Å². The van der Waals surface area contributed by atoms with E-state index in [9.17, 15) is 5.26 Å². The first kappa shape index (κ1) is 22.4. The average molecular weight is 541 g/mol. The third kappa shape index (κ3) is 3.07. The number of hydrogen-bond acceptors (Lipinski definition) is 3. The zero-order chi connectivity index (χ0) is 27.1. The fraction of sp³-hybridized carbons (Fsp3) is 0. The van der Waals surface area contributed by atoms with Crippen LogP contribution in [0.2, 0.25) is 0 Å². The van der Waals surface area contributed by atoms with Crippen molar-refractivity contribution in [1.29, 1.82) is 5.26 Å². The Bertz CT molecular complexity index is 2560. The van der Waals surface area contributed by atoms with E-state index in [0.717, 1.165) is 49.4 Å². The van der Waals surface area contributed by atoms with Crippen LogP contribution in [0, 0.1) is 11.3 Å². The summed E-state index contributed by atoms with van der Waals surface area (Å²) in [6, 6.07) is 44.6. The molecule has 0 amide bonds. The number of thiophene rings is 1. The maximum atomic E-state index is 9.57. The van der Waals surface area contributed by atoms with E-state index < -0.39 is 0 Å². The van der Waals surface area contributed by atoms with Crippen LogP contribution in [0.1, 0.15) is 5.56 Å². The highest BCUT2D eigenvalue weighted by atomic mass is 32.1. The van der Waals surface area contributed by atoms with E-state index in [4.69, 9.17) is 4.42 Å². The molecule has 41 heavy (non-hydrogen) atoms. The normalized spacial score (nSPS) is 11.9. The fourth-order valence-electron chi connectivity index (χ4n) is 6.49. The maximum Gasteiger partial charge on any atom is 0.159 e. The van der Waals surface area contributed by atoms with Crippen molar-refractivity contribution in [3.05, 3.63) is 127 Å². The lowest BCUT2D eigenvalue weighted by Gasteiger charge is -2.09. The molecule has 0 saturated carbocycles. The number of fused-ring (bicyclic) bond motifs is 9. The molecular formula is C37H20N2OS. The molecule has 4 heteroatoms. The SMILES string of the molecule is N#Cc1ccc2c(c1)c1ccccc1n2-c1cccc2c1oc1cccc(-c3cccc4c3sc3ccccc34)c12. The zero-order valence-electron chi connectivity index (χ0n) is 21.8. The number of aromatic nitrogens is 1. The van der Waals surface area contributed by atoms with Crippen molar-refractivity contribution in [2.45, 2.75) is 0 Å². The zero-order valence-corrected chi connectivity index (χ0v) is 22.6. The van der Waals surface area contributed by atoms with Gasteiger partial charge in [-0.25, -0.2) is 0 Å². The van der Waals surface area contributed by atoms with Crippen LogP contribution in [0.25, 0.3) is 80.7 Å². The summed E-state index contributed by atoms with van der Waals surface area (Å²) in [7, 11) is 0. The Morgan fingerprint density at radius 3 is 2.27 bits per heavy atom. The molecule has 6 aromatic carbocycles. The standard InChI is InChI=1S/C37H20N2OS/c38-21-22-18-19-31-29(20-22)23-8-1-3-14-30(23)39(31)32-15-6-13-28-35-25(10-7-16-33(35)40-36(28)32)27-12-5-11-26-24-9-2-4-17-34(24)41-37(26)27/h1-20H. The van der Waals surface area contributed by atoms with Gasteiger partial charge in [0.05, 0.1) is 28.4 Å². The van der Waals surface area contributed by atoms with E-state index in [2.05, 4.69) is 108 Å². The van der Waals surface area contributed by atoms with Crippen LogP contribution in [-0.4, -0.2) is 4.57 Å². The lowest BCUT2D eigenvalue weighted by atomic mass is 9.97. The summed E-state index contributed by atoms with van der Waals surface area (Å²) in [5.41, 5.74) is 7.90. The van der Waals surface area contributed by atoms with Crippen LogP contribution >= 0.6 is 11.3 Å². The van der Waals surface area contributed by atoms with Crippen molar-refractivity contribution < 1.29 is 4.42 Å². The quantitative estimate of drug-likeness (QED) is 0.219. The first-order chi connectivity index (χ1) is 20.3. The van der Waals surface area contributed by atoms with Crippen LogP contribution in [0.5, 0.6) is 0 Å². The van der Waals surface area contributed by atoms with E-state index in [1.165, 1.54) is 31.3 Å². The summed E-state index contributed by atoms with van der Waals surface area (Å²) >= 11 is 1.85. The third-order valence-electron chi connectivity index (χ3n) is 8.24. The molecule has 0 spiro atoms. The Labute approximate surface area is 238 Å². The molecule has 0 aliphatic heterocycles. The molecule has 3 aromatic heterocycles. The Morgan fingerprint density at radius 1 is 0.610 bits per heavy atom. The Balaban J connectivity index is 1.37. The Hall–Kier alpha value is -5.37. The second-order valence-corrected chi connectivity index (χ2v) is 11.5. The molecule has 0 saturated heterocycles. The molecule has 0 unspecified atom stereocenters. The number of benzene rings is 6. The van der Waals surface area contributed by atoms with E-state index in [1.54, 1.807) is 0 Å². The number of hydrogen-bond donors (Lipinski definition) is 0. The van der Waals surface area contributed by atoms with Crippen molar-refractivity contribution in [3.63, 3.8) is 0 Å². The minimum Gasteiger partial charge on any atom is -0.454 e. The van der Waals surface area contributed by atoms with Gasteiger partial charge in [0.2, 0.25) is 0 Å². The molecule has 9 aromatic rings. The fourth-order valence-corrected chi connectivity index (χ4v) is 7.73. The lowest BCUT2D eigenvalue weighted by Crippen LogP contribution is -1.94. The number of nitriles is 1. The smallest absolute Gasteiger partial charge is 0.159 e. The van der Waals surface area contributed by atoms with Gasteiger partial charge < -0.3 is 8.98 Å². The lowest BCUT2D eigenvalue weighted by molar-refractivity contribution is 0.666. The topological polar surface area (TPSA) is 41.9 Å². The molecule has 0 aliphatic rings. The van der Waals surface area contributed by atoms with E-state index in [0.29, 0.717) is 5.56 Å². The van der Waals surface area contributed by atoms with Crippen LogP contribution in [0.4, 0.5) is 0 Å². The van der Waals surface area contributed by atoms with Crippen LogP contribution in [0.15, 0.2) is 126 Å². The summed E-state index contributed by atoms with van der Waals surface area (Å²) < 4.78 is 11.6. The molecule has 0 fully saturated rings. The number of para-hydroxylation sites is 2. The van der Waals surface area contributed by atoms with Gasteiger partial charge in [-0.05, 0) is 48.0 Å². The highest BCUT2D eigenvalue weighted by molar-refractivity contribution is 7.26. The predicted octanol–water partition coefficient (Wildman–Crippen LogP) is 10.6. The summed E-state index contributed by atoms with van der Waals surface area (Å²) in [5.74, 6) is 0. The van der Waals surface area contributed by atoms with E-state index in [1.807, 2.05) is 35.6 Å². The van der Waals surface area contributed by atoms with Crippen LogP contribution in [-0.2, 0) is 0 Å². The van der Waals surface area contributed by atoms with Gasteiger partial charge in [-0.2, -0.15) is 5.26 Å². The Morgan fingerprint density at radius 2 is 1.34 bits per heavy atom. The third-order valence-corrected chi connectivity index (χ3v) is 9.46. The minimum atomic E-state index is 0.655. The maximum absolute atomic E-state index is 9.57. The highest BCUT2D eigenvalue weighted by Crippen LogP contribution is 2.45. The Kier molecular flexibility index (Phi) is 4.55. The molecule has 0 N–H and O–H groups in total. The first-order valence-corrected chi connectivity index (χ1v) is 14.4. The molecule has 0 bridgehead atoms. The summed E-state index contributed by atoms with van der Waals surface area (Å²) in [4.78, 5) is 0. The second-order valence-electron chi connectivity index (χ2n) is 10.4. The van der Waals surface area contributed by atoms with Crippen LogP contribution in [0.3, 0.4) is 0 Å². The molecule has 3 heterocycles. The monoisotopic (exact) mass is 540 g/mol. The van der Waals surface area contributed by atoms with Gasteiger partial charge in [-0.15, -0.1) is 11.3 Å². The van der Waals surface area contributed by atoms with Crippen molar-refractivity contribution in [2.75, 3.05) is 0 Å². The van der Waals surface area contributed by atoms with E-state index >= 15 is 0 Å². The minimum absolute atomic E-state index is 0.655. The van der Waals surface area contributed by atoms with E-state index in [-0.39, 0.29) is 0 Å². The highest BCUT2D eigenvalue weighted by Gasteiger charge is 2.20. The van der Waals surface area contributed by atoms with Crippen molar-refractivity contribution in [1.82, 2.24) is 4.57 Å². The van der Waals surface area contributed by atoms with Crippen molar-refractivity contribution >= 4 is 75.3 Å². The molecule has 0 aliphatic carbocycles. The van der Waals surface area contributed by atoms with Gasteiger partial charge in [0.15, 0.2) is 5.58 Å². The van der Waals surface area contributed by atoms with Gasteiger partial charge in [0, 0.05) is 47.3 Å². The molecule has 0 atom stereocenters. The molecule has 190 valence electrons. The summed E-state index contributed by atoms with van der Waals surface area (Å²) in [6.45, 7) is 0. The molecule has 9 rings (SSSR count). The van der Waals surface area contributed by atoms with Crippen molar-refractivity contribution in [3.8, 4) is 22.9 Å². The summed E-state index contributed by atoms with van der Waals surface area (Å²) in [5, 5.41) is 16.5. The van der Waals surface area contributed by atoms with Gasteiger partial charge in [0.25, 0.3) is 0 Å². The summed E-state index contributed by atoms with van der Waals surface area (Å²) in [6.07, 6.45) is 0. The molecule has 0 radical (unpaired) electrons. The molecule has 3 nitrogen and oxygen atoms in total. The van der Waals surface area contributed by atoms with Gasteiger partial charge in [-0.1, -0.05) is 78.9 Å². The van der Waals surface area contributed by atoms with Crippen LogP contribution < -0.4 is 0 Å². The predicted molar refractivity (Wildman–Crippen MR) is 171 cm³/mol.